The molecule has 0 nitrogen and oxygen atoms in total. The van der Waals surface area contributed by atoms with Gasteiger partial charge in [0.25, 0.3) is 0 Å². The first-order valence-electron chi connectivity index (χ1n) is 7.74. The van der Waals surface area contributed by atoms with Crippen LogP contribution < -0.4 is 0 Å². The molecule has 112 valence electrons. The molecule has 0 atom stereocenters. The summed E-state index contributed by atoms with van der Waals surface area (Å²) in [7, 11) is -2.73. The highest BCUT2D eigenvalue weighted by molar-refractivity contribution is 6.84. The van der Waals surface area contributed by atoms with Crippen molar-refractivity contribution in [2.75, 3.05) is 0 Å². The normalized spacial score (nSPS) is 11.4. The first-order valence-corrected chi connectivity index (χ1v) is 14.7. The molecule has 0 aliphatic carbocycles. The van der Waals surface area contributed by atoms with Gasteiger partial charge in [-0.05, 0) is 22.9 Å². The van der Waals surface area contributed by atoms with Gasteiger partial charge in [0.2, 0.25) is 0 Å². The Kier molecular flexibility index (Phi) is 4.66. The molecule has 0 N–H and O–H groups in total. The topological polar surface area (TPSA) is 0 Å². The van der Waals surface area contributed by atoms with Crippen molar-refractivity contribution in [2.45, 2.75) is 39.3 Å². The van der Waals surface area contributed by atoms with E-state index in [4.69, 9.17) is 0 Å². The third-order valence-electron chi connectivity index (χ3n) is 3.07. The third-order valence-corrected chi connectivity index (χ3v) is 4.82. The van der Waals surface area contributed by atoms with E-state index in [1.807, 2.05) is 0 Å². The van der Waals surface area contributed by atoms with Gasteiger partial charge in [-0.2, -0.15) is 0 Å². The Morgan fingerprint density at radius 1 is 0.591 bits per heavy atom. The van der Waals surface area contributed by atoms with Crippen LogP contribution in [0.4, 0.5) is 0 Å². The molecule has 2 rings (SSSR count). The van der Waals surface area contributed by atoms with Gasteiger partial charge in [0, 0.05) is 11.1 Å². The van der Waals surface area contributed by atoms with Crippen molar-refractivity contribution in [3.05, 3.63) is 47.5 Å². The summed E-state index contributed by atoms with van der Waals surface area (Å²) in [5.74, 6) is 6.80. The first kappa shape index (κ1) is 16.6. The summed E-state index contributed by atoms with van der Waals surface area (Å²) in [6.07, 6.45) is 0. The van der Waals surface area contributed by atoms with Crippen molar-refractivity contribution >= 4 is 26.9 Å². The molecular weight excluding hydrogens is 296 g/mol. The third kappa shape index (κ3) is 4.63. The summed E-state index contributed by atoms with van der Waals surface area (Å²) < 4.78 is 0. The summed E-state index contributed by atoms with van der Waals surface area (Å²) in [6, 6.07) is 12.7. The van der Waals surface area contributed by atoms with Gasteiger partial charge in [0.15, 0.2) is 0 Å². The van der Waals surface area contributed by atoms with E-state index in [-0.39, 0.29) is 0 Å². The predicted octanol–water partition coefficient (Wildman–Crippen LogP) is 5.30. The number of fused-ring (bicyclic) bond motifs is 1. The molecule has 22 heavy (non-hydrogen) atoms. The van der Waals surface area contributed by atoms with Crippen molar-refractivity contribution in [1.82, 2.24) is 0 Å². The Bertz CT molecular complexity index is 739. The lowest BCUT2D eigenvalue weighted by Gasteiger charge is -2.07. The lowest BCUT2D eigenvalue weighted by molar-refractivity contribution is 1.67. The maximum Gasteiger partial charge on any atom is 0.129 e. The zero-order chi connectivity index (χ0) is 16.4. The molecule has 0 aromatic heterocycles. The van der Waals surface area contributed by atoms with Crippen LogP contribution in [0.1, 0.15) is 11.1 Å². The molecule has 2 heteroatoms. The van der Waals surface area contributed by atoms with Gasteiger partial charge >= 0.3 is 0 Å². The van der Waals surface area contributed by atoms with E-state index in [9.17, 15) is 0 Å². The van der Waals surface area contributed by atoms with Crippen molar-refractivity contribution in [1.29, 1.82) is 0 Å². The lowest BCUT2D eigenvalue weighted by atomic mass is 10.0. The van der Waals surface area contributed by atoms with Crippen molar-refractivity contribution in [3.8, 4) is 22.9 Å². The van der Waals surface area contributed by atoms with Gasteiger partial charge in [-0.25, -0.2) is 0 Å². The molecule has 0 bridgehead atoms. The summed E-state index contributed by atoms with van der Waals surface area (Å²) in [5, 5.41) is 2.44. The van der Waals surface area contributed by atoms with E-state index in [1.54, 1.807) is 0 Å². The van der Waals surface area contributed by atoms with E-state index in [1.165, 1.54) is 10.8 Å². The van der Waals surface area contributed by atoms with Crippen LogP contribution in [0.15, 0.2) is 36.4 Å². The molecular formula is C20H24Si2. The van der Waals surface area contributed by atoms with Crippen LogP contribution in [-0.4, -0.2) is 16.1 Å². The number of benzene rings is 2. The standard InChI is InChI=1S/C20H24Si2/c1-21(2,3)15-13-17-9-7-12-20-18(10-8-11-19(17)20)14-16-22(4,5)6/h7-12H,1-6H3. The van der Waals surface area contributed by atoms with Gasteiger partial charge in [-0.3, -0.25) is 0 Å². The average molecular weight is 321 g/mol. The molecule has 0 saturated carbocycles. The Balaban J connectivity index is 2.60. The Morgan fingerprint density at radius 2 is 0.955 bits per heavy atom. The van der Waals surface area contributed by atoms with Crippen molar-refractivity contribution < 1.29 is 0 Å². The average Bonchev–Trinajstić information content (AvgIpc) is 2.41. The van der Waals surface area contributed by atoms with E-state index < -0.39 is 16.1 Å². The smallest absolute Gasteiger partial charge is 0.127 e. The predicted molar refractivity (Wildman–Crippen MR) is 104 cm³/mol. The zero-order valence-electron chi connectivity index (χ0n) is 14.5. The maximum atomic E-state index is 3.47. The zero-order valence-corrected chi connectivity index (χ0v) is 16.5. The highest BCUT2D eigenvalue weighted by atomic mass is 28.3. The number of hydrogen-bond donors (Lipinski definition) is 0. The second-order valence-corrected chi connectivity index (χ2v) is 17.2. The highest BCUT2D eigenvalue weighted by Crippen LogP contribution is 2.22. The summed E-state index contributed by atoms with van der Waals surface area (Å²) >= 11 is 0. The van der Waals surface area contributed by atoms with E-state index in [0.29, 0.717) is 0 Å². The highest BCUT2D eigenvalue weighted by Gasteiger charge is 2.09. The van der Waals surface area contributed by atoms with Crippen LogP contribution in [0.5, 0.6) is 0 Å². The van der Waals surface area contributed by atoms with Crippen LogP contribution in [0, 0.1) is 22.9 Å². The van der Waals surface area contributed by atoms with E-state index >= 15 is 0 Å². The van der Waals surface area contributed by atoms with Gasteiger partial charge in [-0.1, -0.05) is 75.4 Å². The molecule has 0 amide bonds. The fourth-order valence-corrected chi connectivity index (χ4v) is 3.06. The number of rotatable bonds is 0. The van der Waals surface area contributed by atoms with Crippen LogP contribution >= 0.6 is 0 Å². The largest absolute Gasteiger partial charge is 0.129 e. The van der Waals surface area contributed by atoms with Crippen LogP contribution in [0.25, 0.3) is 10.8 Å². The minimum Gasteiger partial charge on any atom is -0.127 e. The van der Waals surface area contributed by atoms with Crippen LogP contribution in [-0.2, 0) is 0 Å². The monoisotopic (exact) mass is 320 g/mol. The molecule has 0 radical (unpaired) electrons. The van der Waals surface area contributed by atoms with Crippen molar-refractivity contribution in [3.63, 3.8) is 0 Å². The Hall–Kier alpha value is -1.75. The molecule has 2 aromatic carbocycles. The van der Waals surface area contributed by atoms with E-state index in [2.05, 4.69) is 98.6 Å². The summed E-state index contributed by atoms with van der Waals surface area (Å²) in [6.45, 7) is 13.6. The van der Waals surface area contributed by atoms with Gasteiger partial charge in [0.05, 0.1) is 0 Å². The molecule has 0 heterocycles. The SMILES string of the molecule is C[Si](C)(C)C#Cc1cccc2c(C#C[Si](C)(C)C)cccc12. The minimum atomic E-state index is -1.36. The maximum absolute atomic E-state index is 3.47. The molecule has 0 aliphatic heterocycles. The fourth-order valence-electron chi connectivity index (χ4n) is 2.04. The van der Waals surface area contributed by atoms with Crippen molar-refractivity contribution in [2.24, 2.45) is 0 Å². The molecule has 0 unspecified atom stereocenters. The molecule has 0 fully saturated rings. The minimum absolute atomic E-state index is 1.12. The quantitative estimate of drug-likeness (QED) is 0.456. The summed E-state index contributed by atoms with van der Waals surface area (Å²) in [4.78, 5) is 0. The molecule has 0 saturated heterocycles. The van der Waals surface area contributed by atoms with E-state index in [0.717, 1.165) is 11.1 Å². The lowest BCUT2D eigenvalue weighted by Crippen LogP contribution is -2.16. The molecule has 2 aromatic rings. The second kappa shape index (κ2) is 6.17. The number of hydrogen-bond acceptors (Lipinski definition) is 0. The summed E-state index contributed by atoms with van der Waals surface area (Å²) in [5.41, 5.74) is 9.18. The Labute approximate surface area is 137 Å². The molecule has 0 spiro atoms. The van der Waals surface area contributed by atoms with Crippen LogP contribution in [0.2, 0.25) is 39.3 Å². The van der Waals surface area contributed by atoms with Crippen LogP contribution in [0.3, 0.4) is 0 Å². The molecule has 0 aliphatic rings. The second-order valence-electron chi connectivity index (χ2n) is 7.71. The van der Waals surface area contributed by atoms with Gasteiger partial charge < -0.3 is 0 Å². The Morgan fingerprint density at radius 3 is 1.27 bits per heavy atom. The fraction of sp³-hybridized carbons (Fsp3) is 0.300. The first-order chi connectivity index (χ1) is 10.2. The van der Waals surface area contributed by atoms with Gasteiger partial charge in [0.1, 0.15) is 16.1 Å². The van der Waals surface area contributed by atoms with Gasteiger partial charge in [-0.15, -0.1) is 11.1 Å².